The molecular weight excluding hydrogens is 290 g/mol. The van der Waals surface area contributed by atoms with Crippen molar-refractivity contribution in [3.05, 3.63) is 29.3 Å². The average molecular weight is 313 g/mol. The maximum atomic E-state index is 11.5. The summed E-state index contributed by atoms with van der Waals surface area (Å²) in [6, 6.07) is 6.04. The zero-order chi connectivity index (χ0) is 15.5. The maximum Gasteiger partial charge on any atom is 0.208 e. The highest BCUT2D eigenvalue weighted by atomic mass is 32.2. The molecule has 0 aliphatic carbocycles. The second-order valence-corrected chi connectivity index (χ2v) is 7.52. The number of hydrogen-bond donors (Lipinski definition) is 1. The van der Waals surface area contributed by atoms with E-state index in [1.54, 1.807) is 7.11 Å². The molecule has 1 saturated heterocycles. The largest absolute Gasteiger partial charge is 0.496 e. The van der Waals surface area contributed by atoms with Crippen molar-refractivity contribution in [3.63, 3.8) is 0 Å². The summed E-state index contributed by atoms with van der Waals surface area (Å²) in [4.78, 5) is 0. The van der Waals surface area contributed by atoms with E-state index >= 15 is 0 Å². The number of hydrogen-bond acceptors (Lipinski definition) is 4. The Kier molecular flexibility index (Phi) is 4.91. The van der Waals surface area contributed by atoms with Gasteiger partial charge in [-0.3, -0.25) is 0 Å². The van der Waals surface area contributed by atoms with E-state index in [0.717, 1.165) is 29.7 Å². The summed E-state index contributed by atoms with van der Waals surface area (Å²) >= 11 is 0. The lowest BCUT2D eigenvalue weighted by Crippen LogP contribution is -2.44. The van der Waals surface area contributed by atoms with E-state index in [1.807, 2.05) is 19.1 Å². The van der Waals surface area contributed by atoms with Crippen molar-refractivity contribution in [2.45, 2.75) is 25.2 Å². The van der Waals surface area contributed by atoms with Gasteiger partial charge in [-0.1, -0.05) is 17.7 Å². The second kappa shape index (κ2) is 6.34. The Bertz CT molecular complexity index is 592. The predicted molar refractivity (Wildman–Crippen MR) is 82.3 cm³/mol. The highest BCUT2D eigenvalue weighted by Crippen LogP contribution is 2.40. The van der Waals surface area contributed by atoms with Crippen LogP contribution in [0, 0.1) is 6.92 Å². The standard InChI is InChI=1S/C15H23NO4S/c1-12-4-5-14(19-2)13(10-12)15(6-8-20-9-7-15)11-16-21(3,17)18/h4-5,10,16H,6-9,11H2,1-3H3. The summed E-state index contributed by atoms with van der Waals surface area (Å²) in [7, 11) is -1.59. The Morgan fingerprint density at radius 2 is 2.00 bits per heavy atom. The fourth-order valence-corrected chi connectivity index (χ4v) is 3.35. The highest BCUT2D eigenvalue weighted by Gasteiger charge is 2.37. The first-order valence-corrected chi connectivity index (χ1v) is 8.93. The third-order valence-corrected chi connectivity index (χ3v) is 4.72. The molecule has 0 saturated carbocycles. The van der Waals surface area contributed by atoms with E-state index in [1.165, 1.54) is 6.26 Å². The van der Waals surface area contributed by atoms with E-state index < -0.39 is 10.0 Å². The van der Waals surface area contributed by atoms with Gasteiger partial charge in [0.05, 0.1) is 13.4 Å². The summed E-state index contributed by atoms with van der Waals surface area (Å²) in [5, 5.41) is 0. The number of rotatable bonds is 5. The first kappa shape index (κ1) is 16.3. The predicted octanol–water partition coefficient (Wildman–Crippen LogP) is 1.60. The van der Waals surface area contributed by atoms with Crippen LogP contribution in [0.5, 0.6) is 5.75 Å². The van der Waals surface area contributed by atoms with Crippen LogP contribution in [0.25, 0.3) is 0 Å². The first-order valence-electron chi connectivity index (χ1n) is 7.04. The summed E-state index contributed by atoms with van der Waals surface area (Å²) in [6.07, 6.45) is 2.73. The molecule has 1 aromatic carbocycles. The van der Waals surface area contributed by atoms with Gasteiger partial charge in [0.25, 0.3) is 0 Å². The Morgan fingerprint density at radius 3 is 2.57 bits per heavy atom. The van der Waals surface area contributed by atoms with E-state index in [2.05, 4.69) is 10.8 Å². The topological polar surface area (TPSA) is 64.6 Å². The van der Waals surface area contributed by atoms with E-state index in [9.17, 15) is 8.42 Å². The van der Waals surface area contributed by atoms with Crippen molar-refractivity contribution in [1.29, 1.82) is 0 Å². The van der Waals surface area contributed by atoms with Crippen LogP contribution in [0.3, 0.4) is 0 Å². The van der Waals surface area contributed by atoms with Gasteiger partial charge in [-0.05, 0) is 25.8 Å². The molecule has 1 fully saturated rings. The lowest BCUT2D eigenvalue weighted by atomic mass is 9.73. The summed E-state index contributed by atoms with van der Waals surface area (Å²) in [6.45, 7) is 3.65. The van der Waals surface area contributed by atoms with Gasteiger partial charge in [0, 0.05) is 30.7 Å². The van der Waals surface area contributed by atoms with Crippen LogP contribution in [0.1, 0.15) is 24.0 Å². The van der Waals surface area contributed by atoms with Crippen LogP contribution in [0.15, 0.2) is 18.2 Å². The molecule has 1 aliphatic heterocycles. The molecule has 0 spiro atoms. The van der Waals surface area contributed by atoms with Gasteiger partial charge in [-0.25, -0.2) is 13.1 Å². The third-order valence-electron chi connectivity index (χ3n) is 4.05. The SMILES string of the molecule is COc1ccc(C)cc1C1(CNS(C)(=O)=O)CCOCC1. The monoisotopic (exact) mass is 313 g/mol. The van der Waals surface area contributed by atoms with Crippen molar-refractivity contribution in [1.82, 2.24) is 4.72 Å². The van der Waals surface area contributed by atoms with Gasteiger partial charge in [0.1, 0.15) is 5.75 Å². The number of nitrogens with one attached hydrogen (secondary N) is 1. The van der Waals surface area contributed by atoms with Crippen molar-refractivity contribution >= 4 is 10.0 Å². The molecule has 0 bridgehead atoms. The summed E-state index contributed by atoms with van der Waals surface area (Å²) < 4.78 is 36.6. The maximum absolute atomic E-state index is 11.5. The van der Waals surface area contributed by atoms with Crippen molar-refractivity contribution in [2.24, 2.45) is 0 Å². The molecule has 1 heterocycles. The molecule has 118 valence electrons. The number of ether oxygens (including phenoxy) is 2. The molecular formula is C15H23NO4S. The second-order valence-electron chi connectivity index (χ2n) is 5.69. The number of aryl methyl sites for hydroxylation is 1. The Hall–Kier alpha value is -1.11. The Balaban J connectivity index is 2.42. The minimum atomic E-state index is -3.23. The van der Waals surface area contributed by atoms with Crippen LogP contribution in [-0.2, 0) is 20.2 Å². The van der Waals surface area contributed by atoms with E-state index in [0.29, 0.717) is 19.8 Å². The number of benzene rings is 1. The summed E-state index contributed by atoms with van der Waals surface area (Å²) in [5.74, 6) is 0.804. The fraction of sp³-hybridized carbons (Fsp3) is 0.600. The van der Waals surface area contributed by atoms with Gasteiger partial charge in [-0.2, -0.15) is 0 Å². The smallest absolute Gasteiger partial charge is 0.208 e. The van der Waals surface area contributed by atoms with Crippen LogP contribution in [-0.4, -0.2) is 41.5 Å². The average Bonchev–Trinajstić information content (AvgIpc) is 2.45. The molecule has 0 aromatic heterocycles. The quantitative estimate of drug-likeness (QED) is 0.897. The number of sulfonamides is 1. The highest BCUT2D eigenvalue weighted by molar-refractivity contribution is 7.88. The van der Waals surface area contributed by atoms with Crippen molar-refractivity contribution in [2.75, 3.05) is 33.1 Å². The van der Waals surface area contributed by atoms with Crippen LogP contribution >= 0.6 is 0 Å². The van der Waals surface area contributed by atoms with E-state index in [-0.39, 0.29) is 5.41 Å². The van der Waals surface area contributed by atoms with Crippen LogP contribution < -0.4 is 9.46 Å². The van der Waals surface area contributed by atoms with E-state index in [4.69, 9.17) is 9.47 Å². The zero-order valence-corrected chi connectivity index (χ0v) is 13.6. The van der Waals surface area contributed by atoms with Gasteiger partial charge < -0.3 is 9.47 Å². The fourth-order valence-electron chi connectivity index (χ4n) is 2.81. The molecule has 1 aromatic rings. The molecule has 1 N–H and O–H groups in total. The lowest BCUT2D eigenvalue weighted by molar-refractivity contribution is 0.0508. The number of methoxy groups -OCH3 is 1. The summed E-state index contributed by atoms with van der Waals surface area (Å²) in [5.41, 5.74) is 1.92. The molecule has 6 heteroatoms. The third kappa shape index (κ3) is 3.96. The van der Waals surface area contributed by atoms with Gasteiger partial charge in [-0.15, -0.1) is 0 Å². The molecule has 21 heavy (non-hydrogen) atoms. The normalized spacial score (nSPS) is 18.4. The van der Waals surface area contributed by atoms with Crippen LogP contribution in [0.2, 0.25) is 0 Å². The molecule has 5 nitrogen and oxygen atoms in total. The lowest BCUT2D eigenvalue weighted by Gasteiger charge is -2.38. The van der Waals surface area contributed by atoms with Gasteiger partial charge in [0.15, 0.2) is 0 Å². The van der Waals surface area contributed by atoms with Crippen LogP contribution in [0.4, 0.5) is 0 Å². The molecule has 0 radical (unpaired) electrons. The first-order chi connectivity index (χ1) is 9.86. The zero-order valence-electron chi connectivity index (χ0n) is 12.8. The van der Waals surface area contributed by atoms with Gasteiger partial charge in [0.2, 0.25) is 10.0 Å². The minimum absolute atomic E-state index is 0.279. The van der Waals surface area contributed by atoms with Gasteiger partial charge >= 0.3 is 0 Å². The minimum Gasteiger partial charge on any atom is -0.496 e. The molecule has 0 atom stereocenters. The Morgan fingerprint density at radius 1 is 1.33 bits per heavy atom. The Labute approximate surface area is 126 Å². The van der Waals surface area contributed by atoms with Crippen molar-refractivity contribution < 1.29 is 17.9 Å². The molecule has 2 rings (SSSR count). The molecule has 0 unspecified atom stereocenters. The molecule has 0 amide bonds. The molecule has 1 aliphatic rings. The van der Waals surface area contributed by atoms with Crippen molar-refractivity contribution in [3.8, 4) is 5.75 Å².